The molecule has 0 unspecified atom stereocenters. The Morgan fingerprint density at radius 2 is 1.47 bits per heavy atom. The number of hydrogen-bond acceptors (Lipinski definition) is 6. The predicted molar refractivity (Wildman–Crippen MR) is 143 cm³/mol. The van der Waals surface area contributed by atoms with Crippen LogP contribution >= 0.6 is 0 Å². The number of Topliss-reactive ketones (excluding diaryl/α,β-unsaturated/α-hetero) is 1. The predicted octanol–water partition coefficient (Wildman–Crippen LogP) is 5.73. The van der Waals surface area contributed by atoms with Gasteiger partial charge < -0.3 is 0 Å². The van der Waals surface area contributed by atoms with E-state index in [4.69, 9.17) is 5.10 Å². The van der Waals surface area contributed by atoms with E-state index in [0.29, 0.717) is 40.6 Å². The first-order valence-corrected chi connectivity index (χ1v) is 14.1. The topological polar surface area (TPSA) is 92.6 Å². The van der Waals surface area contributed by atoms with Crippen LogP contribution in [0.25, 0.3) is 0 Å². The zero-order chi connectivity index (χ0) is 26.5. The highest BCUT2D eigenvalue weighted by Gasteiger charge is 2.60. The molecule has 4 saturated carbocycles. The first-order valence-electron chi connectivity index (χ1n) is 14.1. The summed E-state index contributed by atoms with van der Waals surface area (Å²) < 4.78 is 0. The van der Waals surface area contributed by atoms with Crippen molar-refractivity contribution < 1.29 is 14.4 Å². The summed E-state index contributed by atoms with van der Waals surface area (Å²) in [7, 11) is 0. The highest BCUT2D eigenvalue weighted by atomic mass is 16.2. The standard InChI is InChI=1S/C31H36N4O3/c1-30-13-7-23(19-22(30)3-4-24-25-5-6-27(36)31(25,2)14-8-26(24)30)34-35(28(37)20-9-15-32-16-10-20)29(38)21-11-17-33-18-12-21/h9-12,15-18,22,24-26H,3-8,13-14,19H2,1-2H3/t22-,24-,25-,26-,30-,31-/m0/s1. The lowest BCUT2D eigenvalue weighted by Crippen LogP contribution is -2.53. The molecular weight excluding hydrogens is 476 g/mol. The van der Waals surface area contributed by atoms with Crippen molar-refractivity contribution in [3.8, 4) is 0 Å². The van der Waals surface area contributed by atoms with E-state index in [2.05, 4.69) is 23.8 Å². The molecule has 38 heavy (non-hydrogen) atoms. The molecule has 6 rings (SSSR count). The van der Waals surface area contributed by atoms with Gasteiger partial charge in [0.25, 0.3) is 11.8 Å². The first-order chi connectivity index (χ1) is 18.3. The van der Waals surface area contributed by atoms with Crippen LogP contribution in [-0.2, 0) is 4.79 Å². The molecule has 7 nitrogen and oxygen atoms in total. The van der Waals surface area contributed by atoms with Crippen LogP contribution in [0, 0.1) is 34.5 Å². The Hall–Kier alpha value is -3.22. The number of amides is 2. The van der Waals surface area contributed by atoms with Crippen molar-refractivity contribution in [2.75, 3.05) is 0 Å². The SMILES string of the molecule is C[C@]12CCC(=NN(C(=O)c3ccncc3)C(=O)c3ccncc3)C[C@@H]1CC[C@@H]1[C@@H]2CC[C@]2(C)C(=O)CC[C@@H]12. The van der Waals surface area contributed by atoms with Crippen molar-refractivity contribution in [3.05, 3.63) is 60.2 Å². The molecule has 198 valence electrons. The lowest BCUT2D eigenvalue weighted by atomic mass is 9.45. The van der Waals surface area contributed by atoms with Crippen molar-refractivity contribution in [2.45, 2.75) is 71.6 Å². The van der Waals surface area contributed by atoms with Crippen molar-refractivity contribution in [3.63, 3.8) is 0 Å². The van der Waals surface area contributed by atoms with Gasteiger partial charge in [-0.3, -0.25) is 24.4 Å². The monoisotopic (exact) mass is 512 g/mol. The molecule has 4 aliphatic carbocycles. The molecule has 4 fully saturated rings. The maximum absolute atomic E-state index is 13.5. The minimum absolute atomic E-state index is 0.104. The maximum Gasteiger partial charge on any atom is 0.281 e. The van der Waals surface area contributed by atoms with Crippen LogP contribution in [0.5, 0.6) is 0 Å². The van der Waals surface area contributed by atoms with Gasteiger partial charge in [0.15, 0.2) is 0 Å². The van der Waals surface area contributed by atoms with E-state index in [1.165, 1.54) is 6.42 Å². The largest absolute Gasteiger partial charge is 0.299 e. The Bertz CT molecular complexity index is 1230. The summed E-state index contributed by atoms with van der Waals surface area (Å²) in [5.74, 6) is 1.88. The number of nitrogens with zero attached hydrogens (tertiary/aromatic N) is 4. The molecule has 4 aliphatic rings. The van der Waals surface area contributed by atoms with Crippen molar-refractivity contribution in [2.24, 2.45) is 39.6 Å². The molecule has 0 saturated heterocycles. The molecule has 0 bridgehead atoms. The van der Waals surface area contributed by atoms with Crippen LogP contribution in [-0.4, -0.2) is 38.3 Å². The van der Waals surface area contributed by atoms with Crippen LogP contribution < -0.4 is 0 Å². The van der Waals surface area contributed by atoms with E-state index < -0.39 is 11.8 Å². The Labute approximate surface area is 224 Å². The summed E-state index contributed by atoms with van der Waals surface area (Å²) in [6.45, 7) is 4.70. The number of imide groups is 1. The van der Waals surface area contributed by atoms with E-state index >= 15 is 0 Å². The minimum Gasteiger partial charge on any atom is -0.299 e. The normalized spacial score (nSPS) is 35.2. The average Bonchev–Trinajstić information content (AvgIpc) is 3.26. The van der Waals surface area contributed by atoms with Gasteiger partial charge in [-0.1, -0.05) is 13.8 Å². The summed E-state index contributed by atoms with van der Waals surface area (Å²) in [4.78, 5) is 47.7. The third-order valence-electron chi connectivity index (χ3n) is 10.7. The second-order valence-electron chi connectivity index (χ2n) is 12.3. The quantitative estimate of drug-likeness (QED) is 0.387. The second-order valence-corrected chi connectivity index (χ2v) is 12.3. The van der Waals surface area contributed by atoms with Gasteiger partial charge in [-0.05, 0) is 105 Å². The first kappa shape index (κ1) is 25.1. The summed E-state index contributed by atoms with van der Waals surface area (Å²) >= 11 is 0. The molecule has 0 spiro atoms. The Balaban J connectivity index is 1.26. The number of ketones is 1. The minimum atomic E-state index is -0.448. The van der Waals surface area contributed by atoms with Crippen molar-refractivity contribution >= 4 is 23.3 Å². The highest BCUT2D eigenvalue weighted by molar-refractivity contribution is 6.10. The van der Waals surface area contributed by atoms with Gasteiger partial charge in [0, 0.05) is 53.5 Å². The number of rotatable bonds is 3. The van der Waals surface area contributed by atoms with Crippen molar-refractivity contribution in [1.82, 2.24) is 15.0 Å². The van der Waals surface area contributed by atoms with E-state index in [9.17, 15) is 14.4 Å². The number of aromatic nitrogens is 2. The third kappa shape index (κ3) is 4.02. The molecule has 2 aromatic rings. The van der Waals surface area contributed by atoms with Gasteiger partial charge in [0.2, 0.25) is 0 Å². The van der Waals surface area contributed by atoms with E-state index in [1.807, 2.05) is 0 Å². The number of carbonyl (C=O) groups is 3. The highest BCUT2D eigenvalue weighted by Crippen LogP contribution is 2.65. The summed E-state index contributed by atoms with van der Waals surface area (Å²) in [5, 5.41) is 5.80. The number of pyridine rings is 2. The van der Waals surface area contributed by atoms with Crippen LogP contribution in [0.1, 0.15) is 92.4 Å². The van der Waals surface area contributed by atoms with Crippen LogP contribution in [0.2, 0.25) is 0 Å². The molecule has 7 heteroatoms. The average molecular weight is 513 g/mol. The Morgan fingerprint density at radius 3 is 2.11 bits per heavy atom. The smallest absolute Gasteiger partial charge is 0.281 e. The maximum atomic E-state index is 13.5. The van der Waals surface area contributed by atoms with E-state index in [1.54, 1.807) is 49.1 Å². The molecule has 0 aromatic carbocycles. The van der Waals surface area contributed by atoms with Gasteiger partial charge in [0.1, 0.15) is 5.78 Å². The zero-order valence-corrected chi connectivity index (χ0v) is 22.3. The van der Waals surface area contributed by atoms with E-state index in [0.717, 1.165) is 62.1 Å². The number of carbonyl (C=O) groups excluding carboxylic acids is 3. The Kier molecular flexibility index (Phi) is 6.28. The fourth-order valence-electron chi connectivity index (χ4n) is 8.48. The van der Waals surface area contributed by atoms with Gasteiger partial charge in [-0.2, -0.15) is 10.1 Å². The molecule has 2 amide bonds. The Morgan fingerprint density at radius 1 is 0.842 bits per heavy atom. The fraction of sp³-hybridized carbons (Fsp3) is 0.548. The molecule has 0 N–H and O–H groups in total. The molecule has 0 aliphatic heterocycles. The number of hydrazone groups is 1. The number of hydrogen-bond donors (Lipinski definition) is 0. The summed E-state index contributed by atoms with van der Waals surface area (Å²) in [6.07, 6.45) is 15.1. The number of fused-ring (bicyclic) bond motifs is 5. The molecule has 6 atom stereocenters. The van der Waals surface area contributed by atoms with Crippen LogP contribution in [0.15, 0.2) is 54.2 Å². The molecule has 2 heterocycles. The lowest BCUT2D eigenvalue weighted by molar-refractivity contribution is -0.136. The summed E-state index contributed by atoms with van der Waals surface area (Å²) in [6, 6.07) is 6.44. The molecule has 0 radical (unpaired) electrons. The van der Waals surface area contributed by atoms with Gasteiger partial charge in [-0.15, -0.1) is 0 Å². The lowest BCUT2D eigenvalue weighted by Gasteiger charge is -2.59. The van der Waals surface area contributed by atoms with E-state index in [-0.39, 0.29) is 10.8 Å². The van der Waals surface area contributed by atoms with Crippen LogP contribution in [0.3, 0.4) is 0 Å². The second kappa shape index (κ2) is 9.51. The fourth-order valence-corrected chi connectivity index (χ4v) is 8.48. The van der Waals surface area contributed by atoms with Gasteiger partial charge in [0.05, 0.1) is 0 Å². The van der Waals surface area contributed by atoms with Crippen LogP contribution in [0.4, 0.5) is 0 Å². The third-order valence-corrected chi connectivity index (χ3v) is 10.7. The molecule has 2 aromatic heterocycles. The van der Waals surface area contributed by atoms with Gasteiger partial charge in [-0.25, -0.2) is 0 Å². The summed E-state index contributed by atoms with van der Waals surface area (Å²) in [5.41, 5.74) is 1.79. The molecular formula is C31H36N4O3. The zero-order valence-electron chi connectivity index (χ0n) is 22.3. The van der Waals surface area contributed by atoms with Gasteiger partial charge >= 0.3 is 0 Å². The van der Waals surface area contributed by atoms with Crippen molar-refractivity contribution in [1.29, 1.82) is 0 Å².